The van der Waals surface area contributed by atoms with E-state index in [0.717, 1.165) is 29.4 Å². The average molecular weight is 389 g/mol. The van der Waals surface area contributed by atoms with E-state index in [9.17, 15) is 19.0 Å². The van der Waals surface area contributed by atoms with Gasteiger partial charge in [-0.2, -0.15) is 0 Å². The maximum Gasteiger partial charge on any atom is 0.407 e. The van der Waals surface area contributed by atoms with Crippen LogP contribution in [0.5, 0.6) is 0 Å². The largest absolute Gasteiger partial charge is 0.449 e. The molecular weight excluding hydrogens is 369 g/mol. The van der Waals surface area contributed by atoms with Gasteiger partial charge in [0.05, 0.1) is 0 Å². The zero-order chi connectivity index (χ0) is 19.6. The summed E-state index contributed by atoms with van der Waals surface area (Å²) in [6.45, 7) is 1.38. The summed E-state index contributed by atoms with van der Waals surface area (Å²) in [5, 5.41) is 2.27. The number of carbonyl (C=O) groups is 2. The van der Waals surface area contributed by atoms with E-state index >= 15 is 0 Å². The quantitative estimate of drug-likeness (QED) is 0.736. The van der Waals surface area contributed by atoms with Gasteiger partial charge >= 0.3 is 13.7 Å². The molecule has 0 radical (unpaired) electrons. The van der Waals surface area contributed by atoms with Gasteiger partial charge in [-0.15, -0.1) is 0 Å². The minimum absolute atomic E-state index is 0.0852. The molecule has 0 fully saturated rings. The first-order valence-electron chi connectivity index (χ1n) is 8.39. The molecule has 0 bridgehead atoms. The number of hydrogen-bond donors (Lipinski definition) is 2. The number of carbonyl (C=O) groups excluding carboxylic acids is 2. The van der Waals surface area contributed by atoms with Crippen LogP contribution < -0.4 is 5.32 Å². The fraction of sp³-hybridized carbons (Fsp3) is 0.263. The van der Waals surface area contributed by atoms with Gasteiger partial charge in [0.2, 0.25) is 0 Å². The second kappa shape index (κ2) is 7.64. The molecule has 0 heterocycles. The van der Waals surface area contributed by atoms with Crippen molar-refractivity contribution in [1.29, 1.82) is 0 Å². The molecule has 0 aromatic heterocycles. The zero-order valence-corrected chi connectivity index (χ0v) is 15.8. The molecule has 0 aliphatic heterocycles. The van der Waals surface area contributed by atoms with Crippen molar-refractivity contribution in [3.63, 3.8) is 0 Å². The van der Waals surface area contributed by atoms with Gasteiger partial charge in [0.25, 0.3) is 5.52 Å². The normalized spacial score (nSPS) is 16.0. The van der Waals surface area contributed by atoms with E-state index in [4.69, 9.17) is 4.74 Å². The number of ether oxygens (including phenoxy) is 1. The number of nitrogens with one attached hydrogen (secondary N) is 1. The van der Waals surface area contributed by atoms with Crippen LogP contribution in [0.3, 0.4) is 0 Å². The molecule has 1 aliphatic carbocycles. The molecule has 8 heteroatoms. The summed E-state index contributed by atoms with van der Waals surface area (Å²) in [5.74, 6) is -0.114. The Bertz CT molecular complexity index is 882. The van der Waals surface area contributed by atoms with Gasteiger partial charge in [0.1, 0.15) is 12.6 Å². The lowest BCUT2D eigenvalue weighted by Crippen LogP contribution is -2.39. The van der Waals surface area contributed by atoms with Crippen molar-refractivity contribution in [3.05, 3.63) is 59.7 Å². The highest BCUT2D eigenvalue weighted by atomic mass is 31.2. The van der Waals surface area contributed by atoms with Gasteiger partial charge in [-0.3, -0.25) is 9.36 Å². The Morgan fingerprint density at radius 2 is 1.63 bits per heavy atom. The summed E-state index contributed by atoms with van der Waals surface area (Å²) in [7, 11) is -3.46. The molecule has 2 atom stereocenters. The Morgan fingerprint density at radius 1 is 1.11 bits per heavy atom. The predicted octanol–water partition coefficient (Wildman–Crippen LogP) is 3.27. The van der Waals surface area contributed by atoms with Crippen molar-refractivity contribution < 1.29 is 28.3 Å². The van der Waals surface area contributed by atoms with Crippen molar-refractivity contribution in [2.45, 2.75) is 18.9 Å². The molecule has 1 amide bonds. The number of alkyl carbamates (subject to hydrolysis) is 1. The Hall–Kier alpha value is -2.47. The van der Waals surface area contributed by atoms with Gasteiger partial charge in [-0.05, 0) is 29.2 Å². The van der Waals surface area contributed by atoms with E-state index in [-0.39, 0.29) is 12.5 Å². The summed E-state index contributed by atoms with van der Waals surface area (Å²) in [5.41, 5.74) is 3.24. The Kier molecular flexibility index (Phi) is 5.46. The summed E-state index contributed by atoms with van der Waals surface area (Å²) in [6, 6.07) is 14.6. The molecule has 3 rings (SSSR count). The third-order valence-corrected chi connectivity index (χ3v) is 6.01. The summed E-state index contributed by atoms with van der Waals surface area (Å²) >= 11 is 0. The van der Waals surface area contributed by atoms with Gasteiger partial charge in [0.15, 0.2) is 0 Å². The highest BCUT2D eigenvalue weighted by Gasteiger charge is 2.35. The van der Waals surface area contributed by atoms with E-state index in [1.54, 1.807) is 0 Å². The number of benzene rings is 2. The summed E-state index contributed by atoms with van der Waals surface area (Å²) in [6.07, 6.45) is -0.839. The Morgan fingerprint density at radius 3 is 2.15 bits per heavy atom. The van der Waals surface area contributed by atoms with E-state index in [0.29, 0.717) is 0 Å². The SMILES string of the molecule is COP(=O)(O)C(=O)[C@H](C)NC(=O)OCC1c2ccccc2-c2ccccc21. The molecule has 2 aromatic rings. The highest BCUT2D eigenvalue weighted by Crippen LogP contribution is 2.44. The first-order chi connectivity index (χ1) is 12.8. The fourth-order valence-corrected chi connectivity index (χ4v) is 3.95. The number of fused-ring (bicyclic) bond motifs is 3. The standard InChI is InChI=1S/C19H20NO6P/c1-12(18(21)27(23,24)25-2)20-19(22)26-11-17-15-9-5-3-7-13(15)14-8-4-6-10-16(14)17/h3-10,12,17H,11H2,1-2H3,(H,20,22)(H,23,24)/t12-/m0/s1. The number of amides is 1. The van der Waals surface area contributed by atoms with Crippen LogP contribution >= 0.6 is 7.60 Å². The van der Waals surface area contributed by atoms with Gasteiger partial charge in [-0.1, -0.05) is 48.5 Å². The Balaban J connectivity index is 1.68. The van der Waals surface area contributed by atoms with Crippen LogP contribution in [0.4, 0.5) is 4.79 Å². The summed E-state index contributed by atoms with van der Waals surface area (Å²) < 4.78 is 21.1. The molecular formula is C19H20NO6P. The van der Waals surface area contributed by atoms with Crippen LogP contribution in [0.25, 0.3) is 11.1 Å². The first-order valence-corrected chi connectivity index (χ1v) is 9.97. The Labute approximate surface area is 156 Å². The fourth-order valence-electron chi connectivity index (χ4n) is 3.21. The van der Waals surface area contributed by atoms with Crippen LogP contribution in [-0.2, 0) is 18.6 Å². The molecule has 1 aliphatic rings. The smallest absolute Gasteiger partial charge is 0.407 e. The van der Waals surface area contributed by atoms with E-state index in [2.05, 4.69) is 9.84 Å². The monoisotopic (exact) mass is 389 g/mol. The lowest BCUT2D eigenvalue weighted by atomic mass is 9.98. The van der Waals surface area contributed by atoms with Crippen molar-refractivity contribution in [3.8, 4) is 11.1 Å². The van der Waals surface area contributed by atoms with Gasteiger partial charge in [-0.25, -0.2) is 4.79 Å². The first kappa shape index (κ1) is 19.3. The molecule has 1 unspecified atom stereocenters. The van der Waals surface area contributed by atoms with Crippen LogP contribution in [-0.4, -0.2) is 36.3 Å². The number of rotatable bonds is 6. The second-order valence-electron chi connectivity index (χ2n) is 6.23. The summed E-state index contributed by atoms with van der Waals surface area (Å²) in [4.78, 5) is 33.3. The minimum atomic E-state index is -4.41. The maximum absolute atomic E-state index is 12.1. The van der Waals surface area contributed by atoms with E-state index in [1.807, 2.05) is 48.5 Å². The van der Waals surface area contributed by atoms with Gasteiger partial charge in [0, 0.05) is 13.0 Å². The lowest BCUT2D eigenvalue weighted by molar-refractivity contribution is -0.115. The second-order valence-corrected chi connectivity index (χ2v) is 8.08. The van der Waals surface area contributed by atoms with Crippen molar-refractivity contribution in [1.82, 2.24) is 5.32 Å². The molecule has 0 saturated heterocycles. The van der Waals surface area contributed by atoms with Crippen LogP contribution in [0.1, 0.15) is 24.0 Å². The number of hydrogen-bond acceptors (Lipinski definition) is 5. The van der Waals surface area contributed by atoms with Crippen LogP contribution in [0.2, 0.25) is 0 Å². The third kappa shape index (κ3) is 3.81. The molecule has 0 saturated carbocycles. The van der Waals surface area contributed by atoms with Crippen LogP contribution in [0.15, 0.2) is 48.5 Å². The minimum Gasteiger partial charge on any atom is -0.449 e. The molecule has 7 nitrogen and oxygen atoms in total. The molecule has 0 spiro atoms. The van der Waals surface area contributed by atoms with Crippen LogP contribution in [0, 0.1) is 0 Å². The van der Waals surface area contributed by atoms with E-state index < -0.39 is 25.3 Å². The van der Waals surface area contributed by atoms with Crippen molar-refractivity contribution in [2.24, 2.45) is 0 Å². The average Bonchev–Trinajstić information content (AvgIpc) is 2.99. The molecule has 2 N–H and O–H groups in total. The highest BCUT2D eigenvalue weighted by molar-refractivity contribution is 7.71. The predicted molar refractivity (Wildman–Crippen MR) is 99.5 cm³/mol. The lowest BCUT2D eigenvalue weighted by Gasteiger charge is -2.17. The molecule has 27 heavy (non-hydrogen) atoms. The molecule has 142 valence electrons. The maximum atomic E-state index is 12.1. The molecule has 2 aromatic carbocycles. The van der Waals surface area contributed by atoms with Crippen molar-refractivity contribution >= 4 is 19.2 Å². The van der Waals surface area contributed by atoms with E-state index in [1.165, 1.54) is 6.92 Å². The zero-order valence-electron chi connectivity index (χ0n) is 14.9. The van der Waals surface area contributed by atoms with Crippen molar-refractivity contribution in [2.75, 3.05) is 13.7 Å². The topological polar surface area (TPSA) is 102 Å². The third-order valence-electron chi connectivity index (χ3n) is 4.57. The van der Waals surface area contributed by atoms with Gasteiger partial charge < -0.3 is 19.5 Å².